The topological polar surface area (TPSA) is 51.2 Å². The molecule has 1 heterocycles. The standard InChI is InChI=1S/C21H20F2N2O2S/c1-3-21(2,25-18(26)14-9-5-4-6-10-14)19-24-16(13-28-19)15-11-7-8-12-17(15)27-20(22)23/h4-13,20H,3H2,1-2H3,(H,25,26)/t21-/m0/s1. The predicted molar refractivity (Wildman–Crippen MR) is 106 cm³/mol. The van der Waals surface area contributed by atoms with Crippen molar-refractivity contribution in [2.24, 2.45) is 0 Å². The van der Waals surface area contributed by atoms with Gasteiger partial charge in [-0.05, 0) is 37.6 Å². The number of alkyl halides is 2. The molecule has 0 spiro atoms. The van der Waals surface area contributed by atoms with E-state index in [1.165, 1.54) is 17.4 Å². The van der Waals surface area contributed by atoms with E-state index >= 15 is 0 Å². The molecule has 3 aromatic rings. The van der Waals surface area contributed by atoms with E-state index in [0.717, 1.165) is 0 Å². The molecule has 0 aliphatic rings. The number of thiazole rings is 1. The molecule has 0 aliphatic heterocycles. The molecule has 28 heavy (non-hydrogen) atoms. The van der Waals surface area contributed by atoms with Gasteiger partial charge in [-0.1, -0.05) is 37.3 Å². The van der Waals surface area contributed by atoms with Gasteiger partial charge in [-0.3, -0.25) is 4.79 Å². The monoisotopic (exact) mass is 402 g/mol. The third-order valence-electron chi connectivity index (χ3n) is 4.49. The molecule has 0 radical (unpaired) electrons. The maximum atomic E-state index is 12.7. The first-order valence-corrected chi connectivity index (χ1v) is 9.68. The number of aromatic nitrogens is 1. The van der Waals surface area contributed by atoms with Gasteiger partial charge < -0.3 is 10.1 Å². The highest BCUT2D eigenvalue weighted by atomic mass is 32.1. The Morgan fingerprint density at radius 3 is 2.54 bits per heavy atom. The van der Waals surface area contributed by atoms with E-state index in [0.29, 0.717) is 28.2 Å². The zero-order valence-electron chi connectivity index (χ0n) is 15.5. The lowest BCUT2D eigenvalue weighted by Crippen LogP contribution is -2.43. The Kier molecular flexibility index (Phi) is 6.04. The van der Waals surface area contributed by atoms with Gasteiger partial charge in [-0.15, -0.1) is 11.3 Å². The summed E-state index contributed by atoms with van der Waals surface area (Å²) in [6.45, 7) is 0.948. The summed E-state index contributed by atoms with van der Waals surface area (Å²) in [5, 5.41) is 5.52. The number of ether oxygens (including phenoxy) is 1. The fourth-order valence-electron chi connectivity index (χ4n) is 2.73. The molecular formula is C21H20F2N2O2S. The van der Waals surface area contributed by atoms with E-state index in [1.54, 1.807) is 47.8 Å². The Morgan fingerprint density at radius 1 is 1.18 bits per heavy atom. The molecule has 0 saturated heterocycles. The summed E-state index contributed by atoms with van der Waals surface area (Å²) < 4.78 is 30.0. The molecule has 2 aromatic carbocycles. The van der Waals surface area contributed by atoms with Crippen LogP contribution in [0.3, 0.4) is 0 Å². The highest BCUT2D eigenvalue weighted by Gasteiger charge is 2.31. The largest absolute Gasteiger partial charge is 0.434 e. The number of nitrogens with zero attached hydrogens (tertiary/aromatic N) is 1. The van der Waals surface area contributed by atoms with Crippen LogP contribution in [0.4, 0.5) is 8.78 Å². The van der Waals surface area contributed by atoms with Crippen molar-refractivity contribution in [2.75, 3.05) is 0 Å². The number of carbonyl (C=O) groups is 1. The van der Waals surface area contributed by atoms with Crippen LogP contribution in [0.5, 0.6) is 5.75 Å². The molecule has 1 aromatic heterocycles. The Labute approximate surface area is 166 Å². The third kappa shape index (κ3) is 4.36. The Balaban J connectivity index is 1.88. The van der Waals surface area contributed by atoms with Gasteiger partial charge in [-0.25, -0.2) is 4.98 Å². The summed E-state index contributed by atoms with van der Waals surface area (Å²) in [5.74, 6) is -0.121. The molecule has 0 bridgehead atoms. The second kappa shape index (κ2) is 8.48. The van der Waals surface area contributed by atoms with Crippen LogP contribution in [0.1, 0.15) is 35.6 Å². The number of para-hydroxylation sites is 1. The molecular weight excluding hydrogens is 382 g/mol. The van der Waals surface area contributed by atoms with Crippen LogP contribution in [0, 0.1) is 0 Å². The number of nitrogens with one attached hydrogen (secondary N) is 1. The summed E-state index contributed by atoms with van der Waals surface area (Å²) in [4.78, 5) is 17.2. The summed E-state index contributed by atoms with van der Waals surface area (Å²) >= 11 is 1.37. The Bertz CT molecular complexity index is 946. The van der Waals surface area contributed by atoms with Crippen molar-refractivity contribution < 1.29 is 18.3 Å². The van der Waals surface area contributed by atoms with Crippen molar-refractivity contribution in [2.45, 2.75) is 32.4 Å². The maximum Gasteiger partial charge on any atom is 0.387 e. The number of rotatable bonds is 7. The van der Waals surface area contributed by atoms with Crippen LogP contribution in [0.2, 0.25) is 0 Å². The highest BCUT2D eigenvalue weighted by molar-refractivity contribution is 7.10. The van der Waals surface area contributed by atoms with E-state index in [2.05, 4.69) is 15.0 Å². The highest BCUT2D eigenvalue weighted by Crippen LogP contribution is 2.35. The second-order valence-corrected chi connectivity index (χ2v) is 7.28. The van der Waals surface area contributed by atoms with Crippen molar-refractivity contribution in [1.29, 1.82) is 0 Å². The zero-order chi connectivity index (χ0) is 20.1. The first-order chi connectivity index (χ1) is 13.4. The first kappa shape index (κ1) is 19.9. The number of amides is 1. The van der Waals surface area contributed by atoms with E-state index in [1.807, 2.05) is 19.9 Å². The molecule has 1 amide bonds. The minimum Gasteiger partial charge on any atom is -0.434 e. The summed E-state index contributed by atoms with van der Waals surface area (Å²) in [6.07, 6.45) is 0.619. The smallest absolute Gasteiger partial charge is 0.387 e. The SMILES string of the molecule is CC[C@](C)(NC(=O)c1ccccc1)c1nc(-c2ccccc2OC(F)F)cs1. The van der Waals surface area contributed by atoms with Crippen LogP contribution in [0.25, 0.3) is 11.3 Å². The number of carbonyl (C=O) groups excluding carboxylic acids is 1. The van der Waals surface area contributed by atoms with Crippen molar-refractivity contribution in [3.63, 3.8) is 0 Å². The molecule has 0 aliphatic carbocycles. The quantitative estimate of drug-likeness (QED) is 0.570. The van der Waals surface area contributed by atoms with Gasteiger partial charge in [0, 0.05) is 16.5 Å². The molecule has 0 fully saturated rings. The van der Waals surface area contributed by atoms with E-state index < -0.39 is 12.2 Å². The number of benzene rings is 2. The lowest BCUT2D eigenvalue weighted by Gasteiger charge is -2.27. The number of halogens is 2. The van der Waals surface area contributed by atoms with Gasteiger partial charge in [0.25, 0.3) is 5.91 Å². The zero-order valence-corrected chi connectivity index (χ0v) is 16.3. The lowest BCUT2D eigenvalue weighted by atomic mass is 9.99. The predicted octanol–water partition coefficient (Wildman–Crippen LogP) is 5.47. The molecule has 0 unspecified atom stereocenters. The average molecular weight is 402 g/mol. The molecule has 1 atom stereocenters. The van der Waals surface area contributed by atoms with E-state index in [-0.39, 0.29) is 11.7 Å². The van der Waals surface area contributed by atoms with Crippen LogP contribution in [0.15, 0.2) is 60.0 Å². The van der Waals surface area contributed by atoms with Crippen molar-refractivity contribution in [1.82, 2.24) is 10.3 Å². The van der Waals surface area contributed by atoms with Gasteiger partial charge in [0.2, 0.25) is 0 Å². The van der Waals surface area contributed by atoms with Crippen molar-refractivity contribution >= 4 is 17.2 Å². The lowest BCUT2D eigenvalue weighted by molar-refractivity contribution is -0.0494. The van der Waals surface area contributed by atoms with E-state index in [9.17, 15) is 13.6 Å². The average Bonchev–Trinajstić information content (AvgIpc) is 3.19. The van der Waals surface area contributed by atoms with Crippen LogP contribution in [-0.4, -0.2) is 17.5 Å². The molecule has 0 saturated carbocycles. The molecule has 1 N–H and O–H groups in total. The molecule has 7 heteroatoms. The number of hydrogen-bond donors (Lipinski definition) is 1. The minimum absolute atomic E-state index is 0.0703. The third-order valence-corrected chi connectivity index (χ3v) is 5.59. The molecule has 146 valence electrons. The molecule has 4 nitrogen and oxygen atoms in total. The first-order valence-electron chi connectivity index (χ1n) is 8.80. The summed E-state index contributed by atoms with van der Waals surface area (Å²) in [6, 6.07) is 15.5. The molecule has 3 rings (SSSR count). The van der Waals surface area contributed by atoms with Gasteiger partial charge in [0.05, 0.1) is 11.2 Å². The maximum absolute atomic E-state index is 12.7. The van der Waals surface area contributed by atoms with Gasteiger partial charge >= 0.3 is 6.61 Å². The fraction of sp³-hybridized carbons (Fsp3) is 0.238. The van der Waals surface area contributed by atoms with Gasteiger partial charge in [-0.2, -0.15) is 8.78 Å². The Hall–Kier alpha value is -2.80. The Morgan fingerprint density at radius 2 is 1.86 bits per heavy atom. The normalized spacial score (nSPS) is 13.2. The van der Waals surface area contributed by atoms with Crippen LogP contribution in [-0.2, 0) is 5.54 Å². The van der Waals surface area contributed by atoms with Gasteiger partial charge in [0.15, 0.2) is 0 Å². The fourth-order valence-corrected chi connectivity index (χ4v) is 3.74. The van der Waals surface area contributed by atoms with Crippen molar-refractivity contribution in [3.8, 4) is 17.0 Å². The van der Waals surface area contributed by atoms with Crippen LogP contribution >= 0.6 is 11.3 Å². The van der Waals surface area contributed by atoms with E-state index in [4.69, 9.17) is 0 Å². The number of hydrogen-bond acceptors (Lipinski definition) is 4. The van der Waals surface area contributed by atoms with Crippen LogP contribution < -0.4 is 10.1 Å². The van der Waals surface area contributed by atoms with Gasteiger partial charge in [0.1, 0.15) is 10.8 Å². The second-order valence-electron chi connectivity index (χ2n) is 6.42. The summed E-state index contributed by atoms with van der Waals surface area (Å²) in [7, 11) is 0. The minimum atomic E-state index is -2.91. The summed E-state index contributed by atoms with van der Waals surface area (Å²) in [5.41, 5.74) is 0.895. The van der Waals surface area contributed by atoms with Crippen molar-refractivity contribution in [3.05, 3.63) is 70.5 Å².